The van der Waals surface area contributed by atoms with Crippen molar-refractivity contribution in [2.24, 2.45) is 0 Å². The van der Waals surface area contributed by atoms with E-state index in [0.29, 0.717) is 37.4 Å². The highest BCUT2D eigenvalue weighted by Gasteiger charge is 2.09. The van der Waals surface area contributed by atoms with E-state index in [-0.39, 0.29) is 5.91 Å². The predicted octanol–water partition coefficient (Wildman–Crippen LogP) is 3.76. The summed E-state index contributed by atoms with van der Waals surface area (Å²) in [4.78, 5) is 16.4. The number of benzene rings is 2. The first-order chi connectivity index (χ1) is 12.7. The Balaban J connectivity index is 1.45. The van der Waals surface area contributed by atoms with Gasteiger partial charge in [0, 0.05) is 24.1 Å². The number of rotatable bonds is 7. The fourth-order valence-electron chi connectivity index (χ4n) is 2.48. The first-order valence-corrected chi connectivity index (χ1v) is 8.38. The SMILES string of the molecule is N#CCc1ccc(NC(=O)CCCc2nc(-c3ccccc3)no2)cc1. The maximum atomic E-state index is 12.0. The third kappa shape index (κ3) is 4.77. The molecule has 1 heterocycles. The van der Waals surface area contributed by atoms with Crippen molar-refractivity contribution in [3.63, 3.8) is 0 Å². The number of nitrogens with one attached hydrogen (secondary N) is 1. The molecular formula is C20H18N4O2. The Morgan fingerprint density at radius 3 is 2.62 bits per heavy atom. The van der Waals surface area contributed by atoms with Gasteiger partial charge < -0.3 is 9.84 Å². The Labute approximate surface area is 151 Å². The Hall–Kier alpha value is -3.46. The van der Waals surface area contributed by atoms with Gasteiger partial charge in [0.2, 0.25) is 17.6 Å². The largest absolute Gasteiger partial charge is 0.339 e. The van der Waals surface area contributed by atoms with Gasteiger partial charge in [-0.05, 0) is 24.1 Å². The molecule has 0 fully saturated rings. The minimum Gasteiger partial charge on any atom is -0.339 e. The van der Waals surface area contributed by atoms with Crippen molar-refractivity contribution in [3.8, 4) is 17.5 Å². The standard InChI is InChI=1S/C20H18N4O2/c21-14-13-15-9-11-17(12-10-15)22-18(25)7-4-8-19-23-20(24-26-19)16-5-2-1-3-6-16/h1-3,5-6,9-12H,4,7-8,13H2,(H,22,25). The Kier molecular flexibility index (Phi) is 5.73. The topological polar surface area (TPSA) is 91.8 Å². The van der Waals surface area contributed by atoms with Gasteiger partial charge >= 0.3 is 0 Å². The molecule has 0 aliphatic carbocycles. The molecule has 0 aliphatic rings. The molecule has 0 saturated carbocycles. The summed E-state index contributed by atoms with van der Waals surface area (Å²) < 4.78 is 5.24. The molecule has 3 aromatic rings. The second-order valence-corrected chi connectivity index (χ2v) is 5.81. The lowest BCUT2D eigenvalue weighted by molar-refractivity contribution is -0.116. The third-order valence-corrected chi connectivity index (χ3v) is 3.82. The third-order valence-electron chi connectivity index (χ3n) is 3.82. The Morgan fingerprint density at radius 2 is 1.88 bits per heavy atom. The van der Waals surface area contributed by atoms with Crippen LogP contribution < -0.4 is 5.32 Å². The summed E-state index contributed by atoms with van der Waals surface area (Å²) in [5, 5.41) is 15.5. The summed E-state index contributed by atoms with van der Waals surface area (Å²) in [5.41, 5.74) is 2.55. The molecule has 2 aromatic carbocycles. The molecule has 0 bridgehead atoms. The molecule has 1 amide bonds. The highest BCUT2D eigenvalue weighted by atomic mass is 16.5. The maximum Gasteiger partial charge on any atom is 0.226 e. The van der Waals surface area contributed by atoms with E-state index in [0.717, 1.165) is 16.8 Å². The van der Waals surface area contributed by atoms with Crippen LogP contribution in [0.2, 0.25) is 0 Å². The van der Waals surface area contributed by atoms with E-state index in [1.807, 2.05) is 42.5 Å². The molecule has 26 heavy (non-hydrogen) atoms. The van der Waals surface area contributed by atoms with Crippen molar-refractivity contribution in [2.45, 2.75) is 25.7 Å². The number of carbonyl (C=O) groups excluding carboxylic acids is 1. The minimum absolute atomic E-state index is 0.0687. The molecule has 0 spiro atoms. The van der Waals surface area contributed by atoms with Gasteiger partial charge in [0.25, 0.3) is 0 Å². The lowest BCUT2D eigenvalue weighted by Crippen LogP contribution is -2.11. The number of nitriles is 1. The normalized spacial score (nSPS) is 10.3. The van der Waals surface area contributed by atoms with Crippen molar-refractivity contribution in [2.75, 3.05) is 5.32 Å². The molecular weight excluding hydrogens is 328 g/mol. The number of aryl methyl sites for hydroxylation is 1. The summed E-state index contributed by atoms with van der Waals surface area (Å²) in [6.07, 6.45) is 1.90. The number of amides is 1. The van der Waals surface area contributed by atoms with Crippen molar-refractivity contribution in [1.82, 2.24) is 10.1 Å². The molecule has 0 unspecified atom stereocenters. The highest BCUT2D eigenvalue weighted by molar-refractivity contribution is 5.90. The van der Waals surface area contributed by atoms with E-state index >= 15 is 0 Å². The zero-order valence-corrected chi connectivity index (χ0v) is 14.2. The fourth-order valence-corrected chi connectivity index (χ4v) is 2.48. The van der Waals surface area contributed by atoms with Gasteiger partial charge in [-0.25, -0.2) is 0 Å². The Morgan fingerprint density at radius 1 is 1.12 bits per heavy atom. The van der Waals surface area contributed by atoms with E-state index in [2.05, 4.69) is 21.5 Å². The van der Waals surface area contributed by atoms with Gasteiger partial charge in [0.05, 0.1) is 12.5 Å². The van der Waals surface area contributed by atoms with Gasteiger partial charge in [-0.2, -0.15) is 10.2 Å². The van der Waals surface area contributed by atoms with Gasteiger partial charge in [-0.15, -0.1) is 0 Å². The van der Waals surface area contributed by atoms with Gasteiger partial charge in [0.15, 0.2) is 0 Å². The molecule has 0 saturated heterocycles. The number of aromatic nitrogens is 2. The number of hydrogen-bond acceptors (Lipinski definition) is 5. The minimum atomic E-state index is -0.0687. The predicted molar refractivity (Wildman–Crippen MR) is 97.1 cm³/mol. The van der Waals surface area contributed by atoms with E-state index in [4.69, 9.17) is 9.78 Å². The molecule has 6 heteroatoms. The molecule has 6 nitrogen and oxygen atoms in total. The van der Waals surface area contributed by atoms with Crippen LogP contribution in [0.4, 0.5) is 5.69 Å². The first-order valence-electron chi connectivity index (χ1n) is 8.38. The van der Waals surface area contributed by atoms with E-state index < -0.39 is 0 Å². The summed E-state index contributed by atoms with van der Waals surface area (Å²) in [7, 11) is 0. The molecule has 0 radical (unpaired) electrons. The van der Waals surface area contributed by atoms with Crippen molar-refractivity contribution in [1.29, 1.82) is 5.26 Å². The summed E-state index contributed by atoms with van der Waals surface area (Å²) in [6.45, 7) is 0. The van der Waals surface area contributed by atoms with Crippen LogP contribution in [0, 0.1) is 11.3 Å². The van der Waals surface area contributed by atoms with Crippen LogP contribution in [0.15, 0.2) is 59.1 Å². The average molecular weight is 346 g/mol. The van der Waals surface area contributed by atoms with Crippen LogP contribution >= 0.6 is 0 Å². The number of hydrogen-bond donors (Lipinski definition) is 1. The smallest absolute Gasteiger partial charge is 0.226 e. The maximum absolute atomic E-state index is 12.0. The number of anilines is 1. The van der Waals surface area contributed by atoms with E-state index in [9.17, 15) is 4.79 Å². The van der Waals surface area contributed by atoms with Crippen LogP contribution in [0.3, 0.4) is 0 Å². The zero-order chi connectivity index (χ0) is 18.2. The van der Waals surface area contributed by atoms with Crippen LogP contribution in [-0.4, -0.2) is 16.0 Å². The lowest BCUT2D eigenvalue weighted by Gasteiger charge is -2.05. The van der Waals surface area contributed by atoms with Crippen molar-refractivity contribution >= 4 is 11.6 Å². The molecule has 1 N–H and O–H groups in total. The summed E-state index contributed by atoms with van der Waals surface area (Å²) >= 11 is 0. The summed E-state index contributed by atoms with van der Waals surface area (Å²) in [6, 6.07) is 19.0. The summed E-state index contributed by atoms with van der Waals surface area (Å²) in [5.74, 6) is 1.01. The monoisotopic (exact) mass is 346 g/mol. The quantitative estimate of drug-likeness (QED) is 0.703. The van der Waals surface area contributed by atoms with Crippen LogP contribution in [0.25, 0.3) is 11.4 Å². The Bertz CT molecular complexity index is 896. The zero-order valence-electron chi connectivity index (χ0n) is 14.2. The van der Waals surface area contributed by atoms with Crippen molar-refractivity contribution < 1.29 is 9.32 Å². The molecule has 3 rings (SSSR count). The molecule has 1 aromatic heterocycles. The number of carbonyl (C=O) groups is 1. The molecule has 0 aliphatic heterocycles. The molecule has 0 atom stereocenters. The van der Waals surface area contributed by atoms with Crippen LogP contribution in [0.1, 0.15) is 24.3 Å². The van der Waals surface area contributed by atoms with Crippen molar-refractivity contribution in [3.05, 3.63) is 66.1 Å². The van der Waals surface area contributed by atoms with Gasteiger partial charge in [-0.3, -0.25) is 4.79 Å². The van der Waals surface area contributed by atoms with Crippen LogP contribution in [-0.2, 0) is 17.6 Å². The van der Waals surface area contributed by atoms with Gasteiger partial charge in [0.1, 0.15) is 0 Å². The first kappa shape index (κ1) is 17.4. The lowest BCUT2D eigenvalue weighted by atomic mass is 10.1. The van der Waals surface area contributed by atoms with Gasteiger partial charge in [-0.1, -0.05) is 47.6 Å². The fraction of sp³-hybridized carbons (Fsp3) is 0.200. The average Bonchev–Trinajstić information content (AvgIpc) is 3.13. The second-order valence-electron chi connectivity index (χ2n) is 5.81. The highest BCUT2D eigenvalue weighted by Crippen LogP contribution is 2.16. The second kappa shape index (κ2) is 8.58. The van der Waals surface area contributed by atoms with E-state index in [1.165, 1.54) is 0 Å². The molecule has 130 valence electrons. The van der Waals surface area contributed by atoms with E-state index in [1.54, 1.807) is 12.1 Å². The number of nitrogens with zero attached hydrogens (tertiary/aromatic N) is 3. The van der Waals surface area contributed by atoms with Crippen LogP contribution in [0.5, 0.6) is 0 Å².